The molecule has 0 amide bonds. The highest BCUT2D eigenvalue weighted by Gasteiger charge is 2.30. The molecule has 0 aliphatic rings. The van der Waals surface area contributed by atoms with E-state index in [2.05, 4.69) is 65.8 Å². The number of rotatable bonds is 70. The normalized spacial score (nSPS) is 14.5. The quantitative estimate of drug-likeness (QED) is 0.0169. The number of allylic oxidation sites excluding steroid dienone is 4. The van der Waals surface area contributed by atoms with E-state index in [1.165, 1.54) is 154 Å². The fraction of sp³-hybridized carbons (Fsp3) is 0.890. The standard InChI is InChI=1S/C73H138O17P2/c1-7-10-12-14-16-18-20-22-23-24-26-32-40-46-52-58-73(78)89-68(61-83-70(75)55-49-43-37-30-28-27-29-36-42-48-54-66(6)9-3)63-87-91(79,80)85-59-67(74)60-86-92(81,82)88-64-69(62-84-71(76)56-50-44-38-34-33-35-41-47-53-65(4)5)90-72(77)57-51-45-39-31-25-21-19-17-15-13-11-8-2/h18,20,22-23,65-69,74H,7-17,19,21,24-64H2,1-6H3,(H,79,80)(H,81,82)/b20-18-,23-22-/t66?,67-,68-,69-/m1/s1. The topological polar surface area (TPSA) is 237 Å². The average Bonchev–Trinajstić information content (AvgIpc) is 3.60. The highest BCUT2D eigenvalue weighted by molar-refractivity contribution is 7.47. The monoisotopic (exact) mass is 1350 g/mol. The van der Waals surface area contributed by atoms with Crippen LogP contribution in [0.25, 0.3) is 0 Å². The van der Waals surface area contributed by atoms with E-state index < -0.39 is 97.5 Å². The number of carbonyl (C=O) groups is 4. The summed E-state index contributed by atoms with van der Waals surface area (Å²) in [6.45, 7) is 9.49. The summed E-state index contributed by atoms with van der Waals surface area (Å²) < 4.78 is 68.4. The van der Waals surface area contributed by atoms with Gasteiger partial charge in [0.05, 0.1) is 26.4 Å². The molecule has 0 aromatic carbocycles. The van der Waals surface area contributed by atoms with Crippen LogP contribution in [0.4, 0.5) is 0 Å². The van der Waals surface area contributed by atoms with Crippen molar-refractivity contribution in [3.8, 4) is 0 Å². The summed E-state index contributed by atoms with van der Waals surface area (Å²) in [7, 11) is -9.92. The molecule has 542 valence electrons. The second-order valence-corrected chi connectivity index (χ2v) is 29.3. The Kier molecular flexibility index (Phi) is 62.8. The number of hydrogen-bond acceptors (Lipinski definition) is 15. The van der Waals surface area contributed by atoms with Crippen molar-refractivity contribution >= 4 is 39.5 Å². The summed E-state index contributed by atoms with van der Waals surface area (Å²) in [5.74, 6) is -0.618. The molecule has 3 unspecified atom stereocenters. The summed E-state index contributed by atoms with van der Waals surface area (Å²) in [4.78, 5) is 72.7. The predicted octanol–water partition coefficient (Wildman–Crippen LogP) is 20.7. The predicted molar refractivity (Wildman–Crippen MR) is 372 cm³/mol. The highest BCUT2D eigenvalue weighted by atomic mass is 31.2. The van der Waals surface area contributed by atoms with Gasteiger partial charge in [0.2, 0.25) is 0 Å². The zero-order valence-corrected chi connectivity index (χ0v) is 61.1. The van der Waals surface area contributed by atoms with Crippen LogP contribution in [0, 0.1) is 11.8 Å². The minimum Gasteiger partial charge on any atom is -0.462 e. The van der Waals surface area contributed by atoms with Crippen LogP contribution in [0.5, 0.6) is 0 Å². The van der Waals surface area contributed by atoms with E-state index in [1.807, 2.05) is 0 Å². The molecule has 6 atom stereocenters. The van der Waals surface area contributed by atoms with Gasteiger partial charge in [0.25, 0.3) is 0 Å². The second-order valence-electron chi connectivity index (χ2n) is 26.4. The first-order chi connectivity index (χ1) is 44.4. The van der Waals surface area contributed by atoms with Crippen LogP contribution >= 0.6 is 15.6 Å². The number of aliphatic hydroxyl groups excluding tert-OH is 1. The maximum atomic E-state index is 13.0. The molecule has 0 radical (unpaired) electrons. The van der Waals surface area contributed by atoms with Crippen LogP contribution in [0.1, 0.15) is 350 Å². The highest BCUT2D eigenvalue weighted by Crippen LogP contribution is 2.45. The van der Waals surface area contributed by atoms with Crippen LogP contribution in [-0.4, -0.2) is 96.7 Å². The van der Waals surface area contributed by atoms with Gasteiger partial charge in [-0.1, -0.05) is 297 Å². The SMILES string of the molecule is CCCCCC/C=C\C=C/CCCCCCCC(=O)O[C@H](COC(=O)CCCCCCCCCCCCC(C)CC)COP(=O)(O)OC[C@@H](O)COP(=O)(O)OC[C@@H](COC(=O)CCCCCCCCCCC(C)C)OC(=O)CCCCCCCCCCCCCC. The second kappa shape index (κ2) is 64.5. The number of unbranched alkanes of at least 4 members (excludes halogenated alkanes) is 36. The van der Waals surface area contributed by atoms with E-state index >= 15 is 0 Å². The van der Waals surface area contributed by atoms with Crippen LogP contribution in [-0.2, 0) is 65.4 Å². The molecular weight excluding hydrogens is 1210 g/mol. The van der Waals surface area contributed by atoms with E-state index in [1.54, 1.807) is 0 Å². The number of phosphoric ester groups is 2. The summed E-state index contributed by atoms with van der Waals surface area (Å²) in [6, 6.07) is 0. The number of esters is 4. The summed E-state index contributed by atoms with van der Waals surface area (Å²) in [6.07, 6.45) is 53.4. The molecule has 0 aliphatic heterocycles. The zero-order chi connectivity index (χ0) is 67.9. The fourth-order valence-electron chi connectivity index (χ4n) is 10.5. The summed E-state index contributed by atoms with van der Waals surface area (Å²) >= 11 is 0. The molecule has 19 heteroatoms. The largest absolute Gasteiger partial charge is 0.472 e. The lowest BCUT2D eigenvalue weighted by molar-refractivity contribution is -0.161. The molecule has 0 heterocycles. The van der Waals surface area contributed by atoms with E-state index in [9.17, 15) is 43.2 Å². The third-order valence-corrected chi connectivity index (χ3v) is 18.6. The molecule has 0 aliphatic carbocycles. The van der Waals surface area contributed by atoms with E-state index in [0.29, 0.717) is 25.7 Å². The van der Waals surface area contributed by atoms with Gasteiger partial charge < -0.3 is 33.8 Å². The van der Waals surface area contributed by atoms with Gasteiger partial charge in [-0.25, -0.2) is 9.13 Å². The van der Waals surface area contributed by atoms with Crippen molar-refractivity contribution in [2.75, 3.05) is 39.6 Å². The molecule has 3 N–H and O–H groups in total. The first kappa shape index (κ1) is 89.5. The molecule has 0 rings (SSSR count). The maximum Gasteiger partial charge on any atom is 0.472 e. The van der Waals surface area contributed by atoms with Crippen LogP contribution in [0.15, 0.2) is 24.3 Å². The van der Waals surface area contributed by atoms with Crippen molar-refractivity contribution in [2.45, 2.75) is 368 Å². The lowest BCUT2D eigenvalue weighted by atomic mass is 9.99. The Hall–Kier alpha value is -2.46. The maximum absolute atomic E-state index is 13.0. The van der Waals surface area contributed by atoms with Crippen molar-refractivity contribution in [2.24, 2.45) is 11.8 Å². The van der Waals surface area contributed by atoms with Crippen molar-refractivity contribution in [1.82, 2.24) is 0 Å². The molecule has 0 fully saturated rings. The Balaban J connectivity index is 5.30. The van der Waals surface area contributed by atoms with Gasteiger partial charge in [0, 0.05) is 25.7 Å². The Morgan fingerprint density at radius 2 is 0.641 bits per heavy atom. The Morgan fingerprint density at radius 1 is 0.359 bits per heavy atom. The number of aliphatic hydroxyl groups is 1. The minimum absolute atomic E-state index is 0.0848. The molecule has 0 bridgehead atoms. The van der Waals surface area contributed by atoms with Gasteiger partial charge in [-0.15, -0.1) is 0 Å². The van der Waals surface area contributed by atoms with Gasteiger partial charge in [-0.05, 0) is 63.2 Å². The number of phosphoric acid groups is 2. The van der Waals surface area contributed by atoms with E-state index in [0.717, 1.165) is 115 Å². The number of ether oxygens (including phenoxy) is 4. The summed E-state index contributed by atoms with van der Waals surface area (Å²) in [5.41, 5.74) is 0. The molecule has 0 saturated heterocycles. The third-order valence-electron chi connectivity index (χ3n) is 16.7. The number of carbonyl (C=O) groups excluding carboxylic acids is 4. The smallest absolute Gasteiger partial charge is 0.462 e. The van der Waals surface area contributed by atoms with Crippen LogP contribution < -0.4 is 0 Å². The molecule has 0 aromatic rings. The summed E-state index contributed by atoms with van der Waals surface area (Å²) in [5, 5.41) is 10.6. The average molecular weight is 1350 g/mol. The molecule has 0 spiro atoms. The van der Waals surface area contributed by atoms with Gasteiger partial charge >= 0.3 is 39.5 Å². The van der Waals surface area contributed by atoms with Crippen LogP contribution in [0.2, 0.25) is 0 Å². The zero-order valence-electron chi connectivity index (χ0n) is 59.3. The van der Waals surface area contributed by atoms with Crippen molar-refractivity contribution < 1.29 is 80.2 Å². The lowest BCUT2D eigenvalue weighted by Crippen LogP contribution is -2.30. The molecular formula is C73H138O17P2. The van der Waals surface area contributed by atoms with Gasteiger partial charge in [0.15, 0.2) is 12.2 Å². The van der Waals surface area contributed by atoms with Crippen molar-refractivity contribution in [3.63, 3.8) is 0 Å². The van der Waals surface area contributed by atoms with Crippen LogP contribution in [0.3, 0.4) is 0 Å². The van der Waals surface area contributed by atoms with Crippen molar-refractivity contribution in [3.05, 3.63) is 24.3 Å². The third kappa shape index (κ3) is 64.9. The molecule has 0 saturated carbocycles. The van der Waals surface area contributed by atoms with Crippen molar-refractivity contribution in [1.29, 1.82) is 0 Å². The van der Waals surface area contributed by atoms with E-state index in [4.69, 9.17) is 37.0 Å². The Bertz CT molecular complexity index is 1880. The van der Waals surface area contributed by atoms with Gasteiger partial charge in [0.1, 0.15) is 19.3 Å². The molecule has 17 nitrogen and oxygen atoms in total. The van der Waals surface area contributed by atoms with Gasteiger partial charge in [-0.3, -0.25) is 37.3 Å². The Labute approximate surface area is 561 Å². The molecule has 0 aromatic heterocycles. The lowest BCUT2D eigenvalue weighted by Gasteiger charge is -2.21. The first-order valence-corrected chi connectivity index (χ1v) is 40.3. The van der Waals surface area contributed by atoms with Gasteiger partial charge in [-0.2, -0.15) is 0 Å². The molecule has 92 heavy (non-hydrogen) atoms. The first-order valence-electron chi connectivity index (χ1n) is 37.3. The number of hydrogen-bond donors (Lipinski definition) is 3. The van der Waals surface area contributed by atoms with E-state index in [-0.39, 0.29) is 25.7 Å². The minimum atomic E-state index is -4.96. The Morgan fingerprint density at radius 3 is 0.978 bits per heavy atom. The fourth-order valence-corrected chi connectivity index (χ4v) is 12.1.